The Bertz CT molecular complexity index is 1280. The molecule has 1 fully saturated rings. The molecule has 2 aromatic carbocycles. The molecular weight excluding hydrogens is 406 g/mol. The molecule has 3 aromatic rings. The maximum atomic E-state index is 13.2. The summed E-state index contributed by atoms with van der Waals surface area (Å²) in [5.74, 6) is -0.452. The van der Waals surface area contributed by atoms with E-state index in [-0.39, 0.29) is 5.69 Å². The summed E-state index contributed by atoms with van der Waals surface area (Å²) in [7, 11) is 1.37. The zero-order chi connectivity index (χ0) is 23.0. The zero-order valence-electron chi connectivity index (χ0n) is 18.8. The molecule has 1 aliphatic rings. The lowest BCUT2D eigenvalue weighted by molar-refractivity contribution is 0.0735. The minimum absolute atomic E-state index is 0.243. The van der Waals surface area contributed by atoms with Gasteiger partial charge in [0.05, 0.1) is 5.69 Å². The number of carbonyl (C=O) groups is 1. The van der Waals surface area contributed by atoms with Crippen molar-refractivity contribution in [1.29, 1.82) is 0 Å². The summed E-state index contributed by atoms with van der Waals surface area (Å²) in [6, 6.07) is 13.5. The van der Waals surface area contributed by atoms with Gasteiger partial charge in [-0.25, -0.2) is 4.79 Å². The summed E-state index contributed by atoms with van der Waals surface area (Å²) < 4.78 is 2.05. The monoisotopic (exact) mass is 433 g/mol. The second-order valence-corrected chi connectivity index (χ2v) is 8.31. The first kappa shape index (κ1) is 21.5. The van der Waals surface area contributed by atoms with Crippen molar-refractivity contribution in [3.63, 3.8) is 0 Å². The third-order valence-corrected chi connectivity index (χ3v) is 5.92. The molecule has 32 heavy (non-hydrogen) atoms. The fourth-order valence-corrected chi connectivity index (χ4v) is 4.02. The van der Waals surface area contributed by atoms with Crippen LogP contribution in [0.2, 0.25) is 0 Å². The predicted octanol–water partition coefficient (Wildman–Crippen LogP) is 1.82. The van der Waals surface area contributed by atoms with Gasteiger partial charge in [-0.15, -0.1) is 0 Å². The van der Waals surface area contributed by atoms with Crippen LogP contribution in [0.3, 0.4) is 0 Å². The first-order chi connectivity index (χ1) is 15.3. The number of rotatable bonds is 3. The SMILES string of the molecule is Cc1ccc(-n2nc(C(=O)N3CCN(c4ccc(C)cc4C)CC3)c(=O)n(C)c2=O)cc1. The van der Waals surface area contributed by atoms with Crippen LogP contribution in [0, 0.1) is 20.8 Å². The number of aryl methyl sites for hydroxylation is 3. The van der Waals surface area contributed by atoms with Gasteiger partial charge in [-0.1, -0.05) is 35.4 Å². The molecule has 0 N–H and O–H groups in total. The molecule has 1 aromatic heterocycles. The summed E-state index contributed by atoms with van der Waals surface area (Å²) in [4.78, 5) is 42.4. The summed E-state index contributed by atoms with van der Waals surface area (Å²) >= 11 is 0. The number of nitrogens with zero attached hydrogens (tertiary/aromatic N) is 5. The number of anilines is 1. The van der Waals surface area contributed by atoms with Crippen molar-refractivity contribution in [3.8, 4) is 5.69 Å². The molecule has 0 unspecified atom stereocenters. The van der Waals surface area contributed by atoms with Gasteiger partial charge in [0.1, 0.15) is 0 Å². The second-order valence-electron chi connectivity index (χ2n) is 8.31. The van der Waals surface area contributed by atoms with Crippen molar-refractivity contribution in [2.75, 3.05) is 31.1 Å². The topological polar surface area (TPSA) is 80.4 Å². The fourth-order valence-electron chi connectivity index (χ4n) is 4.02. The maximum absolute atomic E-state index is 13.2. The molecule has 166 valence electrons. The Hall–Kier alpha value is -3.68. The highest BCUT2D eigenvalue weighted by Crippen LogP contribution is 2.22. The number of aromatic nitrogens is 3. The summed E-state index contributed by atoms with van der Waals surface area (Å²) in [5, 5.41) is 4.17. The van der Waals surface area contributed by atoms with Crippen LogP contribution in [0.1, 0.15) is 27.2 Å². The Labute approximate surface area is 186 Å². The van der Waals surface area contributed by atoms with Gasteiger partial charge in [-0.05, 0) is 44.5 Å². The average Bonchev–Trinajstić information content (AvgIpc) is 2.78. The van der Waals surface area contributed by atoms with Gasteiger partial charge < -0.3 is 9.80 Å². The third kappa shape index (κ3) is 3.95. The zero-order valence-corrected chi connectivity index (χ0v) is 18.8. The van der Waals surface area contributed by atoms with E-state index in [2.05, 4.69) is 42.0 Å². The van der Waals surface area contributed by atoms with Crippen LogP contribution in [-0.4, -0.2) is 51.3 Å². The average molecular weight is 434 g/mol. The first-order valence-corrected chi connectivity index (χ1v) is 10.6. The van der Waals surface area contributed by atoms with E-state index in [4.69, 9.17) is 0 Å². The van der Waals surface area contributed by atoms with Crippen LogP contribution < -0.4 is 16.1 Å². The lowest BCUT2D eigenvalue weighted by Crippen LogP contribution is -2.51. The number of hydrogen-bond donors (Lipinski definition) is 0. The summed E-state index contributed by atoms with van der Waals surface area (Å²) in [5.41, 5.74) is 3.60. The Balaban J connectivity index is 1.59. The number of hydrogen-bond acceptors (Lipinski definition) is 5. The van der Waals surface area contributed by atoms with E-state index in [9.17, 15) is 14.4 Å². The molecule has 1 saturated heterocycles. The Morgan fingerprint density at radius 2 is 1.50 bits per heavy atom. The normalized spacial score (nSPS) is 14.0. The van der Waals surface area contributed by atoms with Gasteiger partial charge in [-0.2, -0.15) is 9.78 Å². The first-order valence-electron chi connectivity index (χ1n) is 10.6. The maximum Gasteiger partial charge on any atom is 0.351 e. The quantitative estimate of drug-likeness (QED) is 0.630. The molecule has 2 heterocycles. The molecular formula is C24H27N5O3. The molecule has 1 amide bonds. The fraction of sp³-hybridized carbons (Fsp3) is 0.333. The number of piperazine rings is 1. The van der Waals surface area contributed by atoms with Crippen molar-refractivity contribution >= 4 is 11.6 Å². The van der Waals surface area contributed by atoms with Gasteiger partial charge in [0.2, 0.25) is 5.69 Å². The molecule has 0 radical (unpaired) electrons. The molecule has 0 atom stereocenters. The van der Waals surface area contributed by atoms with Crippen LogP contribution in [0.25, 0.3) is 5.69 Å². The van der Waals surface area contributed by atoms with Crippen LogP contribution >= 0.6 is 0 Å². The molecule has 0 saturated carbocycles. The lowest BCUT2D eigenvalue weighted by Gasteiger charge is -2.36. The number of carbonyl (C=O) groups excluding carboxylic acids is 1. The van der Waals surface area contributed by atoms with Crippen LogP contribution in [-0.2, 0) is 7.05 Å². The smallest absolute Gasteiger partial charge is 0.351 e. The molecule has 4 rings (SSSR count). The van der Waals surface area contributed by atoms with E-state index in [0.717, 1.165) is 20.5 Å². The highest BCUT2D eigenvalue weighted by atomic mass is 16.2. The van der Waals surface area contributed by atoms with Gasteiger partial charge in [0, 0.05) is 38.9 Å². The lowest BCUT2D eigenvalue weighted by atomic mass is 10.1. The molecule has 8 nitrogen and oxygen atoms in total. The molecule has 8 heteroatoms. The number of amides is 1. The Morgan fingerprint density at radius 1 is 0.875 bits per heavy atom. The highest BCUT2D eigenvalue weighted by Gasteiger charge is 2.27. The molecule has 0 bridgehead atoms. The van der Waals surface area contributed by atoms with Gasteiger partial charge >= 0.3 is 5.69 Å². The minimum atomic E-state index is -0.680. The number of benzene rings is 2. The van der Waals surface area contributed by atoms with Gasteiger partial charge in [0.25, 0.3) is 11.5 Å². The van der Waals surface area contributed by atoms with E-state index >= 15 is 0 Å². The molecule has 1 aliphatic heterocycles. The predicted molar refractivity (Wildman–Crippen MR) is 124 cm³/mol. The standard InChI is InChI=1S/C24H27N5O3/c1-16-5-8-19(9-6-16)29-24(32)26(4)22(30)21(25-29)23(31)28-13-11-27(12-14-28)20-10-7-17(2)15-18(20)3/h5-10,15H,11-14H2,1-4H3. The Kier molecular flexibility index (Phi) is 5.69. The van der Waals surface area contributed by atoms with Crippen molar-refractivity contribution in [2.45, 2.75) is 20.8 Å². The largest absolute Gasteiger partial charge is 0.368 e. The van der Waals surface area contributed by atoms with Crippen LogP contribution in [0.15, 0.2) is 52.1 Å². The van der Waals surface area contributed by atoms with Crippen molar-refractivity contribution in [1.82, 2.24) is 19.2 Å². The van der Waals surface area contributed by atoms with E-state index in [1.165, 1.54) is 18.2 Å². The highest BCUT2D eigenvalue weighted by molar-refractivity contribution is 5.92. The van der Waals surface area contributed by atoms with Gasteiger partial charge in [-0.3, -0.25) is 14.2 Å². The van der Waals surface area contributed by atoms with Crippen LogP contribution in [0.5, 0.6) is 0 Å². The minimum Gasteiger partial charge on any atom is -0.368 e. The van der Waals surface area contributed by atoms with E-state index in [0.29, 0.717) is 31.9 Å². The van der Waals surface area contributed by atoms with E-state index in [1.54, 1.807) is 17.0 Å². The summed E-state index contributed by atoms with van der Waals surface area (Å²) in [6.45, 7) is 8.36. The third-order valence-electron chi connectivity index (χ3n) is 5.92. The van der Waals surface area contributed by atoms with Gasteiger partial charge in [0.15, 0.2) is 0 Å². The van der Waals surface area contributed by atoms with Crippen molar-refractivity contribution < 1.29 is 4.79 Å². The molecule has 0 spiro atoms. The molecule has 0 aliphatic carbocycles. The van der Waals surface area contributed by atoms with E-state index < -0.39 is 17.2 Å². The second kappa shape index (κ2) is 8.45. The van der Waals surface area contributed by atoms with Crippen molar-refractivity contribution in [3.05, 3.63) is 85.7 Å². The van der Waals surface area contributed by atoms with Crippen LogP contribution in [0.4, 0.5) is 5.69 Å². The summed E-state index contributed by atoms with van der Waals surface area (Å²) in [6.07, 6.45) is 0. The van der Waals surface area contributed by atoms with Crippen molar-refractivity contribution in [2.24, 2.45) is 7.05 Å². The van der Waals surface area contributed by atoms with E-state index in [1.807, 2.05) is 19.1 Å². The Morgan fingerprint density at radius 3 is 2.12 bits per heavy atom.